The Kier molecular flexibility index (Phi) is 6.26. The summed E-state index contributed by atoms with van der Waals surface area (Å²) < 4.78 is 29.2. The lowest BCUT2D eigenvalue weighted by atomic mass is 10.4. The van der Waals surface area contributed by atoms with E-state index in [0.717, 1.165) is 0 Å². The molecule has 0 amide bonds. The Hall–Kier alpha value is -0.170. The maximum absolute atomic E-state index is 11.6. The van der Waals surface area contributed by atoms with Gasteiger partial charge in [0, 0.05) is 33.4 Å². The van der Waals surface area contributed by atoms with E-state index in [9.17, 15) is 8.42 Å². The van der Waals surface area contributed by atoms with E-state index < -0.39 is 10.0 Å². The highest BCUT2D eigenvalue weighted by Gasteiger charge is 2.17. The molecule has 0 aliphatic heterocycles. The second kappa shape index (κ2) is 6.34. The van der Waals surface area contributed by atoms with Crippen molar-refractivity contribution in [1.29, 1.82) is 0 Å². The fourth-order valence-corrected chi connectivity index (χ4v) is 2.32. The van der Waals surface area contributed by atoms with Crippen LogP contribution in [-0.4, -0.2) is 51.8 Å². The Morgan fingerprint density at radius 3 is 2.50 bits per heavy atom. The zero-order valence-corrected chi connectivity index (χ0v) is 9.88. The Labute approximate surface area is 86.3 Å². The number of ether oxygens (including phenoxy) is 1. The summed E-state index contributed by atoms with van der Waals surface area (Å²) in [5, 5.41) is 0. The molecule has 1 unspecified atom stereocenters. The summed E-state index contributed by atoms with van der Waals surface area (Å²) in [7, 11) is -0.0533. The van der Waals surface area contributed by atoms with Crippen molar-refractivity contribution < 1.29 is 13.2 Å². The molecule has 0 rings (SSSR count). The lowest BCUT2D eigenvalue weighted by molar-refractivity contribution is 0.199. The van der Waals surface area contributed by atoms with Gasteiger partial charge in [0.15, 0.2) is 0 Å². The molecular formula is C8H20N2O3S. The molecule has 5 nitrogen and oxygen atoms in total. The molecule has 0 radical (unpaired) electrons. The van der Waals surface area contributed by atoms with Gasteiger partial charge in [-0.05, 0) is 13.3 Å². The summed E-state index contributed by atoms with van der Waals surface area (Å²) in [6.45, 7) is 2.60. The Morgan fingerprint density at radius 1 is 1.50 bits per heavy atom. The number of likely N-dealkylation sites (N-methyl/N-ethyl adjacent to an activating group) is 1. The molecule has 0 spiro atoms. The smallest absolute Gasteiger partial charge is 0.213 e. The number of hydrogen-bond donors (Lipinski definition) is 1. The molecule has 6 heteroatoms. The standard InChI is InChI=1S/C8H20N2O3S/c1-8(9)7-10(2)14(11,12)6-4-5-13-3/h8H,4-7,9H2,1-3H3. The first-order valence-electron chi connectivity index (χ1n) is 4.58. The minimum Gasteiger partial charge on any atom is -0.385 e. The summed E-state index contributed by atoms with van der Waals surface area (Å²) in [6, 6.07) is -0.141. The number of nitrogens with two attached hydrogens (primary N) is 1. The predicted octanol–water partition coefficient (Wildman–Crippen LogP) is -0.368. The van der Waals surface area contributed by atoms with E-state index in [0.29, 0.717) is 19.6 Å². The Bertz CT molecular complexity index is 239. The van der Waals surface area contributed by atoms with Crippen molar-refractivity contribution in [3.63, 3.8) is 0 Å². The maximum Gasteiger partial charge on any atom is 0.213 e. The molecule has 0 heterocycles. The highest BCUT2D eigenvalue weighted by Crippen LogP contribution is 2.01. The van der Waals surface area contributed by atoms with Gasteiger partial charge in [0.25, 0.3) is 0 Å². The van der Waals surface area contributed by atoms with Gasteiger partial charge in [0.2, 0.25) is 10.0 Å². The van der Waals surface area contributed by atoms with Crippen LogP contribution in [0.15, 0.2) is 0 Å². The van der Waals surface area contributed by atoms with Crippen LogP contribution in [0.25, 0.3) is 0 Å². The summed E-state index contributed by atoms with van der Waals surface area (Å²) in [5.74, 6) is 0.115. The molecule has 86 valence electrons. The maximum atomic E-state index is 11.6. The second-order valence-electron chi connectivity index (χ2n) is 3.42. The van der Waals surface area contributed by atoms with Crippen LogP contribution in [0.1, 0.15) is 13.3 Å². The van der Waals surface area contributed by atoms with Gasteiger partial charge in [-0.1, -0.05) is 0 Å². The van der Waals surface area contributed by atoms with Crippen molar-refractivity contribution in [2.75, 3.05) is 33.1 Å². The van der Waals surface area contributed by atoms with Crippen molar-refractivity contribution in [3.05, 3.63) is 0 Å². The number of rotatable bonds is 7. The zero-order valence-electron chi connectivity index (χ0n) is 9.06. The van der Waals surface area contributed by atoms with Crippen molar-refractivity contribution in [3.8, 4) is 0 Å². The van der Waals surface area contributed by atoms with E-state index in [4.69, 9.17) is 10.5 Å². The molecule has 2 N–H and O–H groups in total. The van der Waals surface area contributed by atoms with Crippen molar-refractivity contribution in [2.45, 2.75) is 19.4 Å². The molecule has 0 fully saturated rings. The topological polar surface area (TPSA) is 72.6 Å². The molecule has 0 aliphatic carbocycles. The summed E-state index contributed by atoms with van der Waals surface area (Å²) in [4.78, 5) is 0. The largest absolute Gasteiger partial charge is 0.385 e. The van der Waals surface area contributed by atoms with Crippen LogP contribution in [0.4, 0.5) is 0 Å². The minimum atomic E-state index is -3.15. The van der Waals surface area contributed by atoms with Gasteiger partial charge in [-0.2, -0.15) is 0 Å². The van der Waals surface area contributed by atoms with Gasteiger partial charge in [-0.3, -0.25) is 0 Å². The quantitative estimate of drug-likeness (QED) is 0.599. The van der Waals surface area contributed by atoms with Gasteiger partial charge in [0.05, 0.1) is 5.75 Å². The van der Waals surface area contributed by atoms with E-state index in [1.165, 1.54) is 4.31 Å². The average Bonchev–Trinajstić information content (AvgIpc) is 2.03. The van der Waals surface area contributed by atoms with E-state index in [2.05, 4.69) is 0 Å². The third-order valence-electron chi connectivity index (χ3n) is 1.77. The summed E-state index contributed by atoms with van der Waals surface area (Å²) in [5.41, 5.74) is 5.51. The van der Waals surface area contributed by atoms with Crippen LogP contribution in [0, 0.1) is 0 Å². The zero-order chi connectivity index (χ0) is 11.2. The van der Waals surface area contributed by atoms with Crippen LogP contribution in [-0.2, 0) is 14.8 Å². The lowest BCUT2D eigenvalue weighted by Crippen LogP contribution is -2.38. The van der Waals surface area contributed by atoms with Crippen LogP contribution in [0.2, 0.25) is 0 Å². The molecule has 0 aliphatic rings. The molecule has 14 heavy (non-hydrogen) atoms. The van der Waals surface area contributed by atoms with E-state index in [-0.39, 0.29) is 11.8 Å². The molecule has 0 aromatic carbocycles. The van der Waals surface area contributed by atoms with Gasteiger partial charge in [0.1, 0.15) is 0 Å². The first-order chi connectivity index (χ1) is 6.40. The molecule has 1 atom stereocenters. The number of hydrogen-bond acceptors (Lipinski definition) is 4. The van der Waals surface area contributed by atoms with Crippen molar-refractivity contribution in [1.82, 2.24) is 4.31 Å². The van der Waals surface area contributed by atoms with Gasteiger partial charge >= 0.3 is 0 Å². The summed E-state index contributed by atoms with van der Waals surface area (Å²) in [6.07, 6.45) is 0.516. The molecule has 0 saturated carbocycles. The van der Waals surface area contributed by atoms with Crippen molar-refractivity contribution >= 4 is 10.0 Å². The first kappa shape index (κ1) is 13.8. The van der Waals surface area contributed by atoms with E-state index in [1.807, 2.05) is 0 Å². The first-order valence-corrected chi connectivity index (χ1v) is 6.19. The van der Waals surface area contributed by atoms with E-state index in [1.54, 1.807) is 21.1 Å². The SMILES string of the molecule is COCCCS(=O)(=O)N(C)CC(C)N. The van der Waals surface area contributed by atoms with E-state index >= 15 is 0 Å². The van der Waals surface area contributed by atoms with Gasteiger partial charge < -0.3 is 10.5 Å². The molecule has 0 aromatic heterocycles. The fourth-order valence-electron chi connectivity index (χ4n) is 1.06. The normalized spacial score (nSPS) is 14.6. The molecule has 0 saturated heterocycles. The lowest BCUT2D eigenvalue weighted by Gasteiger charge is -2.18. The van der Waals surface area contributed by atoms with Crippen LogP contribution < -0.4 is 5.73 Å². The average molecular weight is 224 g/mol. The highest BCUT2D eigenvalue weighted by molar-refractivity contribution is 7.89. The number of nitrogens with zero attached hydrogens (tertiary/aromatic N) is 1. The van der Waals surface area contributed by atoms with Crippen LogP contribution in [0.5, 0.6) is 0 Å². The highest BCUT2D eigenvalue weighted by atomic mass is 32.2. The Morgan fingerprint density at radius 2 is 2.07 bits per heavy atom. The van der Waals surface area contributed by atoms with Crippen LogP contribution in [0.3, 0.4) is 0 Å². The Balaban J connectivity index is 4.04. The minimum absolute atomic E-state index is 0.115. The van der Waals surface area contributed by atoms with Gasteiger partial charge in [-0.15, -0.1) is 0 Å². The number of methoxy groups -OCH3 is 1. The van der Waals surface area contributed by atoms with Gasteiger partial charge in [-0.25, -0.2) is 12.7 Å². The molecule has 0 bridgehead atoms. The monoisotopic (exact) mass is 224 g/mol. The third-order valence-corrected chi connectivity index (χ3v) is 3.67. The second-order valence-corrected chi connectivity index (χ2v) is 5.62. The van der Waals surface area contributed by atoms with Crippen LogP contribution >= 0.6 is 0 Å². The predicted molar refractivity (Wildman–Crippen MR) is 56.6 cm³/mol. The molecular weight excluding hydrogens is 204 g/mol. The summed E-state index contributed by atoms with van der Waals surface area (Å²) >= 11 is 0. The third kappa shape index (κ3) is 5.54. The molecule has 0 aromatic rings. The fraction of sp³-hybridized carbons (Fsp3) is 1.00. The number of sulfonamides is 1. The van der Waals surface area contributed by atoms with Crippen molar-refractivity contribution in [2.24, 2.45) is 5.73 Å².